The Hall–Kier alpha value is -0.900. The number of hydrogen-bond acceptors (Lipinski definition) is 6. The van der Waals surface area contributed by atoms with E-state index in [4.69, 9.17) is 23.2 Å². The highest BCUT2D eigenvalue weighted by Crippen LogP contribution is 2.31. The number of aliphatic hydroxyl groups excluding tert-OH is 1. The van der Waals surface area contributed by atoms with E-state index in [2.05, 4.69) is 4.74 Å². The van der Waals surface area contributed by atoms with E-state index in [1.54, 1.807) is 0 Å². The quantitative estimate of drug-likeness (QED) is 0.701. The number of β-amino-alcohol motifs (C(OH)–C–C–N with tert-alkyl or cyclic N) is 1. The highest BCUT2D eigenvalue weighted by atomic mass is 35.5. The molecule has 1 aliphatic rings. The van der Waals surface area contributed by atoms with Crippen molar-refractivity contribution in [1.82, 2.24) is 9.21 Å². The van der Waals surface area contributed by atoms with E-state index in [-0.39, 0.29) is 33.6 Å². The molecule has 0 amide bonds. The third kappa shape index (κ3) is 4.68. The molecule has 146 valence electrons. The molecule has 0 bridgehead atoms. The van der Waals surface area contributed by atoms with Crippen LogP contribution in [0, 0.1) is 0 Å². The molecule has 0 spiro atoms. The van der Waals surface area contributed by atoms with Crippen LogP contribution < -0.4 is 0 Å². The number of carbonyl (C=O) groups is 1. The summed E-state index contributed by atoms with van der Waals surface area (Å²) in [6, 6.07) is 2.38. The van der Waals surface area contributed by atoms with Crippen molar-refractivity contribution in [3.63, 3.8) is 0 Å². The van der Waals surface area contributed by atoms with Gasteiger partial charge in [-0.15, -0.1) is 0 Å². The number of carbonyl (C=O) groups excluding carboxylic acids is 1. The van der Waals surface area contributed by atoms with Crippen LogP contribution in [0.1, 0.15) is 23.7 Å². The molecule has 7 nitrogen and oxygen atoms in total. The van der Waals surface area contributed by atoms with Crippen LogP contribution in [0.2, 0.25) is 10.0 Å². The number of benzene rings is 1. The molecule has 1 heterocycles. The molecule has 1 aromatic rings. The zero-order valence-corrected chi connectivity index (χ0v) is 16.9. The fourth-order valence-corrected chi connectivity index (χ4v) is 4.96. The summed E-state index contributed by atoms with van der Waals surface area (Å²) in [4.78, 5) is 13.6. The van der Waals surface area contributed by atoms with Crippen molar-refractivity contribution < 1.29 is 23.1 Å². The van der Waals surface area contributed by atoms with Gasteiger partial charge < -0.3 is 9.84 Å². The van der Waals surface area contributed by atoms with Crippen LogP contribution in [0.4, 0.5) is 0 Å². The molecule has 0 radical (unpaired) electrons. The summed E-state index contributed by atoms with van der Waals surface area (Å²) in [5.41, 5.74) is -0.0538. The summed E-state index contributed by atoms with van der Waals surface area (Å²) in [6.45, 7) is 3.96. The van der Waals surface area contributed by atoms with Gasteiger partial charge in [-0.1, -0.05) is 30.1 Å². The Balaban J connectivity index is 2.22. The topological polar surface area (TPSA) is 87.2 Å². The van der Waals surface area contributed by atoms with Crippen LogP contribution in [0.3, 0.4) is 0 Å². The van der Waals surface area contributed by atoms with Gasteiger partial charge >= 0.3 is 5.97 Å². The van der Waals surface area contributed by atoms with E-state index in [9.17, 15) is 18.3 Å². The number of ether oxygens (including phenoxy) is 1. The number of methoxy groups -OCH3 is 1. The first-order chi connectivity index (χ1) is 12.2. The molecule has 1 atom stereocenters. The average molecular weight is 425 g/mol. The maximum atomic E-state index is 12.9. The van der Waals surface area contributed by atoms with Crippen LogP contribution in [-0.2, 0) is 14.8 Å². The smallest absolute Gasteiger partial charge is 0.339 e. The minimum absolute atomic E-state index is 0.0270. The molecular formula is C16H22Cl2N2O5S. The van der Waals surface area contributed by atoms with Crippen molar-refractivity contribution in [1.29, 1.82) is 0 Å². The predicted octanol–water partition coefficient (Wildman–Crippen LogP) is 1.86. The normalized spacial score (nSPS) is 17.9. The zero-order chi connectivity index (χ0) is 19.5. The first kappa shape index (κ1) is 21.4. The lowest BCUT2D eigenvalue weighted by molar-refractivity contribution is 0.0600. The van der Waals surface area contributed by atoms with Crippen molar-refractivity contribution in [2.45, 2.75) is 24.3 Å². The number of nitrogens with zero attached hydrogens (tertiary/aromatic N) is 2. The molecule has 0 saturated carbocycles. The minimum atomic E-state index is -3.89. The molecule has 26 heavy (non-hydrogen) atoms. The third-order valence-corrected chi connectivity index (χ3v) is 6.99. The van der Waals surface area contributed by atoms with E-state index < -0.39 is 22.1 Å². The second-order valence-electron chi connectivity index (χ2n) is 6.02. The molecule has 0 aromatic heterocycles. The van der Waals surface area contributed by atoms with Gasteiger partial charge in [0.15, 0.2) is 0 Å². The molecule has 1 N–H and O–H groups in total. The van der Waals surface area contributed by atoms with Crippen molar-refractivity contribution in [3.05, 3.63) is 27.7 Å². The summed E-state index contributed by atoms with van der Waals surface area (Å²) in [7, 11) is -2.70. The summed E-state index contributed by atoms with van der Waals surface area (Å²) < 4.78 is 31.8. The Bertz CT molecular complexity index is 764. The van der Waals surface area contributed by atoms with Gasteiger partial charge in [0.1, 0.15) is 4.90 Å². The fourth-order valence-electron chi connectivity index (χ4n) is 2.71. The fraction of sp³-hybridized carbons (Fsp3) is 0.562. The van der Waals surface area contributed by atoms with E-state index in [0.29, 0.717) is 26.1 Å². The van der Waals surface area contributed by atoms with E-state index in [1.165, 1.54) is 17.5 Å². The van der Waals surface area contributed by atoms with Gasteiger partial charge in [-0.3, -0.25) is 4.90 Å². The number of piperazine rings is 1. The molecular weight excluding hydrogens is 403 g/mol. The Kier molecular flexibility index (Phi) is 7.29. The highest BCUT2D eigenvalue weighted by molar-refractivity contribution is 7.89. The molecule has 1 saturated heterocycles. The third-order valence-electron chi connectivity index (χ3n) is 4.32. The lowest BCUT2D eigenvalue weighted by Gasteiger charge is -2.35. The van der Waals surface area contributed by atoms with Crippen molar-refractivity contribution in [2.24, 2.45) is 0 Å². The number of sulfonamides is 1. The van der Waals surface area contributed by atoms with Gasteiger partial charge in [-0.2, -0.15) is 4.31 Å². The second kappa shape index (κ2) is 8.86. The lowest BCUT2D eigenvalue weighted by atomic mass is 10.2. The van der Waals surface area contributed by atoms with Crippen LogP contribution in [0.25, 0.3) is 0 Å². The molecule has 1 aromatic carbocycles. The highest BCUT2D eigenvalue weighted by Gasteiger charge is 2.32. The predicted molar refractivity (Wildman–Crippen MR) is 99.3 cm³/mol. The number of esters is 1. The molecule has 0 aliphatic carbocycles. The van der Waals surface area contributed by atoms with Crippen LogP contribution >= 0.6 is 23.2 Å². The average Bonchev–Trinajstić information content (AvgIpc) is 2.61. The molecule has 0 unspecified atom stereocenters. The molecule has 2 rings (SSSR count). The van der Waals surface area contributed by atoms with Gasteiger partial charge in [-0.25, -0.2) is 13.2 Å². The minimum Gasteiger partial charge on any atom is -0.465 e. The van der Waals surface area contributed by atoms with E-state index in [1.807, 2.05) is 11.8 Å². The standard InChI is InChI=1S/C16H22Cl2N2O5S/c1-3-11(21)10-19-4-6-20(7-5-19)26(23,24)15-8-12(16(22)25-2)13(17)9-14(15)18/h8-9,11,21H,3-7,10H2,1-2H3/t11-/m1/s1. The summed E-state index contributed by atoms with van der Waals surface area (Å²) in [5.74, 6) is -0.735. The Morgan fingerprint density at radius 2 is 1.85 bits per heavy atom. The van der Waals surface area contributed by atoms with Crippen LogP contribution in [-0.4, -0.2) is 74.6 Å². The Morgan fingerprint density at radius 3 is 2.38 bits per heavy atom. The zero-order valence-electron chi connectivity index (χ0n) is 14.6. The van der Waals surface area contributed by atoms with Gasteiger partial charge in [0.25, 0.3) is 0 Å². The first-order valence-electron chi connectivity index (χ1n) is 8.18. The first-order valence-corrected chi connectivity index (χ1v) is 10.4. The molecule has 1 fully saturated rings. The Labute approximate surface area is 163 Å². The summed E-state index contributed by atoms with van der Waals surface area (Å²) >= 11 is 12.1. The van der Waals surface area contributed by atoms with Gasteiger partial charge in [0, 0.05) is 32.7 Å². The van der Waals surface area contributed by atoms with Gasteiger partial charge in [0.05, 0.1) is 28.8 Å². The SMILES string of the molecule is CC[C@@H](O)CN1CCN(S(=O)(=O)c2cc(C(=O)OC)c(Cl)cc2Cl)CC1. The number of hydrogen-bond donors (Lipinski definition) is 1. The summed E-state index contributed by atoms with van der Waals surface area (Å²) in [5, 5.41) is 9.71. The second-order valence-corrected chi connectivity index (χ2v) is 8.74. The monoisotopic (exact) mass is 424 g/mol. The van der Waals surface area contributed by atoms with Crippen molar-refractivity contribution in [3.8, 4) is 0 Å². The summed E-state index contributed by atoms with van der Waals surface area (Å²) in [6.07, 6.45) is 0.223. The van der Waals surface area contributed by atoms with Crippen LogP contribution in [0.15, 0.2) is 17.0 Å². The van der Waals surface area contributed by atoms with Gasteiger partial charge in [-0.05, 0) is 18.6 Å². The number of rotatable bonds is 6. The van der Waals surface area contributed by atoms with Crippen LogP contribution in [0.5, 0.6) is 0 Å². The van der Waals surface area contributed by atoms with E-state index in [0.717, 1.165) is 6.07 Å². The maximum absolute atomic E-state index is 12.9. The van der Waals surface area contributed by atoms with E-state index >= 15 is 0 Å². The number of aliphatic hydroxyl groups is 1. The van der Waals surface area contributed by atoms with Crippen molar-refractivity contribution >= 4 is 39.2 Å². The number of halogens is 2. The molecule has 1 aliphatic heterocycles. The lowest BCUT2D eigenvalue weighted by Crippen LogP contribution is -2.50. The van der Waals surface area contributed by atoms with Crippen molar-refractivity contribution in [2.75, 3.05) is 39.8 Å². The maximum Gasteiger partial charge on any atom is 0.339 e. The van der Waals surface area contributed by atoms with Gasteiger partial charge in [0.2, 0.25) is 10.0 Å². The molecule has 10 heteroatoms. The largest absolute Gasteiger partial charge is 0.465 e. The Morgan fingerprint density at radius 1 is 1.23 bits per heavy atom.